The van der Waals surface area contributed by atoms with Crippen LogP contribution in [0.25, 0.3) is 0 Å². The topological polar surface area (TPSA) is 44.1 Å². The summed E-state index contributed by atoms with van der Waals surface area (Å²) in [7, 11) is 0. The molecular weight excluding hydrogens is 188 g/mol. The fourth-order valence-corrected chi connectivity index (χ4v) is 1.88. The second kappa shape index (κ2) is 4.14. The zero-order valence-electron chi connectivity index (χ0n) is 8.44. The van der Waals surface area contributed by atoms with Crippen LogP contribution in [0.15, 0.2) is 24.3 Å². The summed E-state index contributed by atoms with van der Waals surface area (Å²) < 4.78 is 0. The zero-order chi connectivity index (χ0) is 10.7. The highest BCUT2D eigenvalue weighted by molar-refractivity contribution is 6.01. The second-order valence-corrected chi connectivity index (χ2v) is 3.61. The van der Waals surface area contributed by atoms with Crippen LogP contribution in [0, 0.1) is 11.3 Å². The van der Waals surface area contributed by atoms with Gasteiger partial charge >= 0.3 is 0 Å². The number of hydrogen-bond acceptors (Lipinski definition) is 2. The lowest BCUT2D eigenvalue weighted by Crippen LogP contribution is -2.27. The van der Waals surface area contributed by atoms with Crippen molar-refractivity contribution in [3.8, 4) is 6.07 Å². The molecule has 1 aliphatic rings. The highest BCUT2D eigenvalue weighted by Gasteiger charge is 2.25. The van der Waals surface area contributed by atoms with Crippen molar-refractivity contribution in [3.63, 3.8) is 0 Å². The van der Waals surface area contributed by atoms with Crippen molar-refractivity contribution < 1.29 is 4.79 Å². The molecule has 2 rings (SSSR count). The van der Waals surface area contributed by atoms with Crippen molar-refractivity contribution in [2.75, 3.05) is 11.4 Å². The quantitative estimate of drug-likeness (QED) is 0.699. The molecule has 0 atom stereocenters. The van der Waals surface area contributed by atoms with Gasteiger partial charge in [-0.05, 0) is 18.1 Å². The number of benzene rings is 1. The molecule has 1 heterocycles. The lowest BCUT2D eigenvalue weighted by atomic mass is 10.2. The Labute approximate surface area is 88.9 Å². The van der Waals surface area contributed by atoms with Gasteiger partial charge in [0.05, 0.1) is 12.5 Å². The van der Waals surface area contributed by atoms with Crippen LogP contribution in [0.3, 0.4) is 0 Å². The van der Waals surface area contributed by atoms with Crippen molar-refractivity contribution in [1.29, 1.82) is 5.26 Å². The molecule has 1 aromatic carbocycles. The summed E-state index contributed by atoms with van der Waals surface area (Å²) in [5.74, 6) is 0.147. The third kappa shape index (κ3) is 1.84. The van der Waals surface area contributed by atoms with E-state index in [-0.39, 0.29) is 5.91 Å². The summed E-state index contributed by atoms with van der Waals surface area (Å²) in [5.41, 5.74) is 2.11. The Kier molecular flexibility index (Phi) is 2.68. The first-order chi connectivity index (χ1) is 7.33. The molecule has 1 aromatic rings. The largest absolute Gasteiger partial charge is 0.312 e. The first-order valence-corrected chi connectivity index (χ1v) is 5.08. The predicted octanol–water partition coefficient (Wildman–Crippen LogP) is 1.88. The van der Waals surface area contributed by atoms with Gasteiger partial charge in [0.25, 0.3) is 0 Å². The van der Waals surface area contributed by atoms with E-state index in [1.807, 2.05) is 24.3 Å². The van der Waals surface area contributed by atoms with E-state index in [1.54, 1.807) is 4.90 Å². The maximum atomic E-state index is 11.7. The molecule has 3 nitrogen and oxygen atoms in total. The number of nitrogens with zero attached hydrogens (tertiary/aromatic N) is 2. The SMILES string of the molecule is N#CCCCN1C(=O)Cc2ccccc21. The van der Waals surface area contributed by atoms with Crippen molar-refractivity contribution in [2.24, 2.45) is 0 Å². The van der Waals surface area contributed by atoms with E-state index in [1.165, 1.54) is 0 Å². The molecule has 0 saturated heterocycles. The smallest absolute Gasteiger partial charge is 0.231 e. The van der Waals surface area contributed by atoms with Gasteiger partial charge in [-0.25, -0.2) is 0 Å². The van der Waals surface area contributed by atoms with Gasteiger partial charge in [-0.3, -0.25) is 4.79 Å². The van der Waals surface area contributed by atoms with Crippen molar-refractivity contribution >= 4 is 11.6 Å². The maximum Gasteiger partial charge on any atom is 0.231 e. The standard InChI is InChI=1S/C12H12N2O/c13-7-3-4-8-14-11-6-2-1-5-10(11)9-12(14)15/h1-2,5-6H,3-4,8-9H2. The molecule has 0 aromatic heterocycles. The minimum absolute atomic E-state index is 0.147. The van der Waals surface area contributed by atoms with E-state index in [9.17, 15) is 4.79 Å². The van der Waals surface area contributed by atoms with E-state index in [2.05, 4.69) is 6.07 Å². The zero-order valence-corrected chi connectivity index (χ0v) is 8.44. The van der Waals surface area contributed by atoms with Crippen molar-refractivity contribution in [2.45, 2.75) is 19.3 Å². The minimum Gasteiger partial charge on any atom is -0.312 e. The summed E-state index contributed by atoms with van der Waals surface area (Å²) in [6.07, 6.45) is 1.76. The van der Waals surface area contributed by atoms with Gasteiger partial charge in [0.2, 0.25) is 5.91 Å². The van der Waals surface area contributed by atoms with Gasteiger partial charge in [0.1, 0.15) is 0 Å². The van der Waals surface area contributed by atoms with Crippen LogP contribution in [0.4, 0.5) is 5.69 Å². The molecular formula is C12H12N2O. The van der Waals surface area contributed by atoms with E-state index in [4.69, 9.17) is 5.26 Å². The Balaban J connectivity index is 2.12. The van der Waals surface area contributed by atoms with E-state index < -0.39 is 0 Å². The van der Waals surface area contributed by atoms with E-state index in [0.717, 1.165) is 17.7 Å². The number of carbonyl (C=O) groups is 1. The van der Waals surface area contributed by atoms with Crippen LogP contribution in [0.2, 0.25) is 0 Å². The molecule has 0 radical (unpaired) electrons. The Morgan fingerprint density at radius 1 is 1.40 bits per heavy atom. The molecule has 3 heteroatoms. The molecule has 0 unspecified atom stereocenters. The van der Waals surface area contributed by atoms with Crippen LogP contribution in [-0.2, 0) is 11.2 Å². The first kappa shape index (κ1) is 9.72. The fourth-order valence-electron chi connectivity index (χ4n) is 1.88. The molecule has 0 bridgehead atoms. The summed E-state index contributed by atoms with van der Waals surface area (Å²) >= 11 is 0. The number of hydrogen-bond donors (Lipinski definition) is 0. The summed E-state index contributed by atoms with van der Waals surface area (Å²) in [4.78, 5) is 13.5. The van der Waals surface area contributed by atoms with Crippen LogP contribution < -0.4 is 4.90 Å². The number of carbonyl (C=O) groups excluding carboxylic acids is 1. The first-order valence-electron chi connectivity index (χ1n) is 5.08. The number of unbranched alkanes of at least 4 members (excludes halogenated alkanes) is 1. The van der Waals surface area contributed by atoms with Gasteiger partial charge in [0.15, 0.2) is 0 Å². The Hall–Kier alpha value is -1.82. The molecule has 0 saturated carbocycles. The lowest BCUT2D eigenvalue weighted by molar-refractivity contribution is -0.117. The normalized spacial score (nSPS) is 13.8. The van der Waals surface area contributed by atoms with Crippen LogP contribution in [0.1, 0.15) is 18.4 Å². The minimum atomic E-state index is 0.147. The van der Waals surface area contributed by atoms with Crippen LogP contribution >= 0.6 is 0 Å². The molecule has 15 heavy (non-hydrogen) atoms. The third-order valence-electron chi connectivity index (χ3n) is 2.60. The Morgan fingerprint density at radius 3 is 3.00 bits per heavy atom. The molecule has 76 valence electrons. The van der Waals surface area contributed by atoms with Crippen LogP contribution in [-0.4, -0.2) is 12.5 Å². The number of fused-ring (bicyclic) bond motifs is 1. The Morgan fingerprint density at radius 2 is 2.20 bits per heavy atom. The number of rotatable bonds is 3. The van der Waals surface area contributed by atoms with Gasteiger partial charge < -0.3 is 4.90 Å². The molecule has 0 spiro atoms. The molecule has 0 aliphatic carbocycles. The predicted molar refractivity (Wildman–Crippen MR) is 57.3 cm³/mol. The molecule has 0 N–H and O–H groups in total. The number of amides is 1. The monoisotopic (exact) mass is 200 g/mol. The third-order valence-corrected chi connectivity index (χ3v) is 2.60. The molecule has 1 amide bonds. The van der Waals surface area contributed by atoms with E-state index in [0.29, 0.717) is 19.4 Å². The van der Waals surface area contributed by atoms with Crippen molar-refractivity contribution in [1.82, 2.24) is 0 Å². The summed E-state index contributed by atoms with van der Waals surface area (Å²) in [6, 6.07) is 9.93. The van der Waals surface area contributed by atoms with Gasteiger partial charge in [-0.2, -0.15) is 5.26 Å². The highest BCUT2D eigenvalue weighted by Crippen LogP contribution is 2.28. The Bertz CT molecular complexity index is 420. The average molecular weight is 200 g/mol. The van der Waals surface area contributed by atoms with E-state index >= 15 is 0 Å². The molecule has 0 fully saturated rings. The van der Waals surface area contributed by atoms with Crippen molar-refractivity contribution in [3.05, 3.63) is 29.8 Å². The number of nitriles is 1. The van der Waals surface area contributed by atoms with Gasteiger partial charge in [-0.1, -0.05) is 18.2 Å². The average Bonchev–Trinajstić information content (AvgIpc) is 2.56. The fraction of sp³-hybridized carbons (Fsp3) is 0.333. The van der Waals surface area contributed by atoms with Gasteiger partial charge in [0, 0.05) is 18.7 Å². The maximum absolute atomic E-state index is 11.7. The summed E-state index contributed by atoms with van der Waals surface area (Å²) in [6.45, 7) is 0.656. The second-order valence-electron chi connectivity index (χ2n) is 3.61. The molecule has 1 aliphatic heterocycles. The summed E-state index contributed by atoms with van der Waals surface area (Å²) in [5, 5.41) is 8.45. The van der Waals surface area contributed by atoms with Gasteiger partial charge in [-0.15, -0.1) is 0 Å². The lowest BCUT2D eigenvalue weighted by Gasteiger charge is -2.16. The number of para-hydroxylation sites is 1. The highest BCUT2D eigenvalue weighted by atomic mass is 16.2. The van der Waals surface area contributed by atoms with Crippen LogP contribution in [0.5, 0.6) is 0 Å². The number of anilines is 1.